The normalized spacial score (nSPS) is 18.3. The van der Waals surface area contributed by atoms with Gasteiger partial charge in [0.05, 0.1) is 18.8 Å². The van der Waals surface area contributed by atoms with Crippen LogP contribution >= 0.6 is 0 Å². The van der Waals surface area contributed by atoms with Gasteiger partial charge < -0.3 is 10.5 Å². The first kappa shape index (κ1) is 13.8. The highest BCUT2D eigenvalue weighted by Gasteiger charge is 2.32. The van der Waals surface area contributed by atoms with Crippen LogP contribution in [0.3, 0.4) is 0 Å². The number of morpholine rings is 1. The largest absolute Gasteiger partial charge is 0.379 e. The van der Waals surface area contributed by atoms with Crippen molar-refractivity contribution in [1.82, 2.24) is 4.90 Å². The SMILES string of the molecule is NC(=O)C(c1c(F)cc(F)cc1F)N1CCOCC1. The Labute approximate surface area is 107 Å². The Kier molecular flexibility index (Phi) is 4.06. The summed E-state index contributed by atoms with van der Waals surface area (Å²) in [6, 6.07) is -0.187. The van der Waals surface area contributed by atoms with Crippen molar-refractivity contribution in [3.63, 3.8) is 0 Å². The quantitative estimate of drug-likeness (QED) is 0.893. The van der Waals surface area contributed by atoms with Gasteiger partial charge in [0, 0.05) is 25.2 Å². The molecule has 1 amide bonds. The van der Waals surface area contributed by atoms with Crippen molar-refractivity contribution < 1.29 is 22.7 Å². The molecule has 1 aromatic rings. The minimum Gasteiger partial charge on any atom is -0.379 e. The van der Waals surface area contributed by atoms with Gasteiger partial charge in [0.15, 0.2) is 0 Å². The van der Waals surface area contributed by atoms with Gasteiger partial charge in [-0.3, -0.25) is 9.69 Å². The molecule has 1 heterocycles. The first-order valence-electron chi connectivity index (χ1n) is 5.76. The van der Waals surface area contributed by atoms with Crippen molar-refractivity contribution in [3.8, 4) is 0 Å². The van der Waals surface area contributed by atoms with E-state index in [2.05, 4.69) is 0 Å². The Bertz CT molecular complexity index is 467. The number of nitrogens with zero attached hydrogens (tertiary/aromatic N) is 1. The number of hydrogen-bond donors (Lipinski definition) is 1. The molecule has 0 aliphatic carbocycles. The molecule has 4 nitrogen and oxygen atoms in total. The summed E-state index contributed by atoms with van der Waals surface area (Å²) in [5.74, 6) is -4.16. The number of carbonyl (C=O) groups is 1. The molecule has 1 aliphatic heterocycles. The summed E-state index contributed by atoms with van der Waals surface area (Å²) in [4.78, 5) is 13.0. The second kappa shape index (κ2) is 5.58. The molecule has 2 N–H and O–H groups in total. The molecule has 104 valence electrons. The highest BCUT2D eigenvalue weighted by molar-refractivity contribution is 5.81. The highest BCUT2D eigenvalue weighted by atomic mass is 19.1. The molecule has 0 radical (unpaired) electrons. The maximum Gasteiger partial charge on any atom is 0.239 e. The first-order chi connectivity index (χ1) is 9.00. The number of primary amides is 1. The van der Waals surface area contributed by atoms with E-state index < -0.39 is 35.0 Å². The van der Waals surface area contributed by atoms with Crippen LogP contribution in [0, 0.1) is 17.5 Å². The van der Waals surface area contributed by atoms with Crippen molar-refractivity contribution in [2.45, 2.75) is 6.04 Å². The third-order valence-electron chi connectivity index (χ3n) is 3.00. The molecule has 19 heavy (non-hydrogen) atoms. The number of nitrogens with two attached hydrogens (primary N) is 1. The van der Waals surface area contributed by atoms with E-state index in [0.717, 1.165) is 0 Å². The van der Waals surface area contributed by atoms with Crippen LogP contribution < -0.4 is 5.73 Å². The van der Waals surface area contributed by atoms with Crippen LogP contribution in [0.4, 0.5) is 13.2 Å². The van der Waals surface area contributed by atoms with Crippen LogP contribution in [0.5, 0.6) is 0 Å². The predicted octanol–water partition coefficient (Wildman–Crippen LogP) is 0.963. The van der Waals surface area contributed by atoms with Gasteiger partial charge in [-0.05, 0) is 0 Å². The van der Waals surface area contributed by atoms with Gasteiger partial charge in [-0.15, -0.1) is 0 Å². The van der Waals surface area contributed by atoms with E-state index in [-0.39, 0.29) is 0 Å². The van der Waals surface area contributed by atoms with Crippen molar-refractivity contribution in [2.75, 3.05) is 26.3 Å². The van der Waals surface area contributed by atoms with Crippen LogP contribution in [-0.4, -0.2) is 37.1 Å². The maximum atomic E-state index is 13.7. The van der Waals surface area contributed by atoms with Crippen molar-refractivity contribution in [1.29, 1.82) is 0 Å². The number of rotatable bonds is 3. The monoisotopic (exact) mass is 274 g/mol. The highest BCUT2D eigenvalue weighted by Crippen LogP contribution is 2.27. The minimum absolute atomic E-state index is 0.323. The van der Waals surface area contributed by atoms with Crippen molar-refractivity contribution in [2.24, 2.45) is 5.73 Å². The molecule has 1 unspecified atom stereocenters. The molecule has 0 saturated carbocycles. The third-order valence-corrected chi connectivity index (χ3v) is 3.00. The number of carbonyl (C=O) groups excluding carboxylic acids is 1. The molecule has 2 rings (SSSR count). The topological polar surface area (TPSA) is 55.6 Å². The van der Waals surface area contributed by atoms with E-state index in [1.165, 1.54) is 4.90 Å². The molecule has 7 heteroatoms. The molecular formula is C12H13F3N2O2. The summed E-state index contributed by atoms with van der Waals surface area (Å²) < 4.78 is 45.5. The van der Waals surface area contributed by atoms with Crippen LogP contribution in [0.1, 0.15) is 11.6 Å². The Hall–Kier alpha value is -1.60. The Morgan fingerprint density at radius 3 is 2.21 bits per heavy atom. The molecule has 0 aromatic heterocycles. The minimum atomic E-state index is -1.26. The van der Waals surface area contributed by atoms with E-state index in [1.54, 1.807) is 0 Å². The van der Waals surface area contributed by atoms with E-state index >= 15 is 0 Å². The van der Waals surface area contributed by atoms with Gasteiger partial charge in [-0.1, -0.05) is 0 Å². The molecule has 0 spiro atoms. The molecule has 1 fully saturated rings. The summed E-state index contributed by atoms with van der Waals surface area (Å²) in [7, 11) is 0. The Morgan fingerprint density at radius 2 is 1.74 bits per heavy atom. The summed E-state index contributed by atoms with van der Waals surface area (Å²) in [6.07, 6.45) is 0. The lowest BCUT2D eigenvalue weighted by Crippen LogP contribution is -2.45. The zero-order valence-electron chi connectivity index (χ0n) is 10.0. The molecule has 0 bridgehead atoms. The van der Waals surface area contributed by atoms with Gasteiger partial charge in [0.25, 0.3) is 0 Å². The van der Waals surface area contributed by atoms with E-state index in [0.29, 0.717) is 38.4 Å². The van der Waals surface area contributed by atoms with Gasteiger partial charge in [0.2, 0.25) is 5.91 Å². The lowest BCUT2D eigenvalue weighted by Gasteiger charge is -2.33. The lowest BCUT2D eigenvalue weighted by atomic mass is 10.0. The number of amides is 1. The van der Waals surface area contributed by atoms with Crippen LogP contribution in [0.15, 0.2) is 12.1 Å². The zero-order chi connectivity index (χ0) is 14.0. The fourth-order valence-electron chi connectivity index (χ4n) is 2.16. The Morgan fingerprint density at radius 1 is 1.21 bits per heavy atom. The number of hydrogen-bond acceptors (Lipinski definition) is 3. The molecule has 1 atom stereocenters. The van der Waals surface area contributed by atoms with Crippen LogP contribution in [0.25, 0.3) is 0 Å². The van der Waals surface area contributed by atoms with Crippen molar-refractivity contribution >= 4 is 5.91 Å². The summed E-state index contributed by atoms with van der Waals surface area (Å²) >= 11 is 0. The zero-order valence-corrected chi connectivity index (χ0v) is 10.0. The lowest BCUT2D eigenvalue weighted by molar-refractivity contribution is -0.125. The van der Waals surface area contributed by atoms with Crippen LogP contribution in [-0.2, 0) is 9.53 Å². The van der Waals surface area contributed by atoms with Gasteiger partial charge in [-0.2, -0.15) is 0 Å². The molecule has 1 saturated heterocycles. The van der Waals surface area contributed by atoms with Gasteiger partial charge in [-0.25, -0.2) is 13.2 Å². The molecule has 1 aliphatic rings. The van der Waals surface area contributed by atoms with Gasteiger partial charge >= 0.3 is 0 Å². The van der Waals surface area contributed by atoms with Gasteiger partial charge in [0.1, 0.15) is 23.5 Å². The summed E-state index contributed by atoms with van der Waals surface area (Å²) in [6.45, 7) is 1.33. The van der Waals surface area contributed by atoms with Crippen molar-refractivity contribution in [3.05, 3.63) is 35.1 Å². The maximum absolute atomic E-state index is 13.7. The smallest absolute Gasteiger partial charge is 0.239 e. The van der Waals surface area contributed by atoms with E-state index in [4.69, 9.17) is 10.5 Å². The van der Waals surface area contributed by atoms with E-state index in [1.807, 2.05) is 0 Å². The fraction of sp³-hybridized carbons (Fsp3) is 0.417. The summed E-state index contributed by atoms with van der Waals surface area (Å²) in [5.41, 5.74) is 4.71. The molecule has 1 aromatic carbocycles. The first-order valence-corrected chi connectivity index (χ1v) is 5.76. The molecular weight excluding hydrogens is 261 g/mol. The Balaban J connectivity index is 2.41. The second-order valence-corrected chi connectivity index (χ2v) is 4.24. The average molecular weight is 274 g/mol. The number of ether oxygens (including phenoxy) is 1. The number of benzene rings is 1. The standard InChI is InChI=1S/C12H13F3N2O2/c13-7-5-8(14)10(9(15)6-7)11(12(16)18)17-1-3-19-4-2-17/h5-6,11H,1-4H2,(H2,16,18). The predicted molar refractivity (Wildman–Crippen MR) is 60.6 cm³/mol. The third kappa shape index (κ3) is 2.87. The van der Waals surface area contributed by atoms with Crippen LogP contribution in [0.2, 0.25) is 0 Å². The number of halogens is 3. The fourth-order valence-corrected chi connectivity index (χ4v) is 2.16. The second-order valence-electron chi connectivity index (χ2n) is 4.24. The van der Waals surface area contributed by atoms with E-state index in [9.17, 15) is 18.0 Å². The average Bonchev–Trinajstić information content (AvgIpc) is 2.34. The summed E-state index contributed by atoms with van der Waals surface area (Å²) in [5, 5.41) is 0.